The summed E-state index contributed by atoms with van der Waals surface area (Å²) in [5.41, 5.74) is 8.86. The first-order valence-electron chi connectivity index (χ1n) is 21.2. The van der Waals surface area contributed by atoms with E-state index in [1.165, 1.54) is 0 Å². The number of imide groups is 2. The number of hydrogen-bond acceptors (Lipinski definition) is 11. The Morgan fingerprint density at radius 1 is 0.918 bits per heavy atom. The summed E-state index contributed by atoms with van der Waals surface area (Å²) >= 11 is 6.23. The molecule has 5 N–H and O–H groups in total. The Bertz CT molecular complexity index is 2320. The lowest BCUT2D eigenvalue weighted by atomic mass is 9.87. The molecule has 4 aliphatic heterocycles. The molecule has 4 aromatic rings. The van der Waals surface area contributed by atoms with E-state index in [0.717, 1.165) is 65.4 Å². The van der Waals surface area contributed by atoms with Gasteiger partial charge in [0.15, 0.2) is 0 Å². The Balaban J connectivity index is 0.779. The quantitative estimate of drug-likeness (QED) is 0.107. The van der Waals surface area contributed by atoms with Crippen molar-refractivity contribution in [3.63, 3.8) is 0 Å². The number of halogens is 1. The number of H-pyrrole nitrogens is 1. The Hall–Kier alpha value is -5.71. The number of anilines is 1. The monoisotopic (exact) mass is 850 g/mol. The third kappa shape index (κ3) is 9.02. The molecule has 0 radical (unpaired) electrons. The number of hydrogen-bond donors (Lipinski definition) is 4. The molecule has 320 valence electrons. The van der Waals surface area contributed by atoms with E-state index >= 15 is 0 Å². The highest BCUT2D eigenvalue weighted by Gasteiger charge is 2.45. The van der Waals surface area contributed by atoms with E-state index in [0.29, 0.717) is 75.3 Å². The summed E-state index contributed by atoms with van der Waals surface area (Å²) in [5, 5.41) is 7.07. The first-order chi connectivity index (χ1) is 29.5. The number of amides is 6. The Morgan fingerprint density at radius 3 is 2.44 bits per heavy atom. The highest BCUT2D eigenvalue weighted by Crippen LogP contribution is 2.32. The fraction of sp³-hybridized carbons (Fsp3) is 0.455. The maximum absolute atomic E-state index is 13.9. The average molecular weight is 851 g/mol. The van der Waals surface area contributed by atoms with Crippen molar-refractivity contribution in [1.29, 1.82) is 0 Å². The van der Waals surface area contributed by atoms with Crippen LogP contribution >= 0.6 is 11.6 Å². The van der Waals surface area contributed by atoms with Gasteiger partial charge in [-0.1, -0.05) is 42.3 Å². The van der Waals surface area contributed by atoms with Gasteiger partial charge in [-0.25, -0.2) is 9.97 Å². The third-order valence-corrected chi connectivity index (χ3v) is 12.9. The number of benzene rings is 2. The maximum atomic E-state index is 13.9. The number of aryl methyl sites for hydroxylation is 1. The number of piperidine rings is 2. The first kappa shape index (κ1) is 42.0. The molecule has 2 aromatic carbocycles. The van der Waals surface area contributed by atoms with Gasteiger partial charge in [0, 0.05) is 69.9 Å². The molecular formula is C44H51ClN10O6. The van der Waals surface area contributed by atoms with Crippen molar-refractivity contribution in [2.75, 3.05) is 50.7 Å². The van der Waals surface area contributed by atoms with Gasteiger partial charge >= 0.3 is 0 Å². The topological polar surface area (TPSA) is 207 Å². The highest BCUT2D eigenvalue weighted by atomic mass is 35.5. The molecule has 8 rings (SSSR count). The second-order valence-corrected chi connectivity index (χ2v) is 17.0. The molecule has 0 aliphatic carbocycles. The molecule has 2 atom stereocenters. The van der Waals surface area contributed by atoms with Crippen molar-refractivity contribution >= 4 is 63.9 Å². The fourth-order valence-electron chi connectivity index (χ4n) is 9.03. The van der Waals surface area contributed by atoms with Crippen LogP contribution in [0.5, 0.6) is 0 Å². The lowest BCUT2D eigenvalue weighted by Crippen LogP contribution is -2.60. The summed E-state index contributed by atoms with van der Waals surface area (Å²) in [4.78, 5) is 97.1. The SMILES string of the molecule is NC1(C(=O)N[C@@H](CCN2CCN(C(=O)CCCCCc3cccc4c3C(=O)N(C3CCC(=O)NC3=O)C4=O)CC2)c2ccc(Cl)cc2)CCN(c2ncnc3[nH]ccc23)CC1. The van der Waals surface area contributed by atoms with Crippen molar-refractivity contribution in [2.24, 2.45) is 5.73 Å². The van der Waals surface area contributed by atoms with E-state index in [-0.39, 0.29) is 36.3 Å². The van der Waals surface area contributed by atoms with Crippen LogP contribution in [0.4, 0.5) is 5.82 Å². The number of nitrogens with two attached hydrogens (primary N) is 1. The number of fused-ring (bicyclic) bond motifs is 2. The molecule has 6 amide bonds. The molecule has 2 aromatic heterocycles. The lowest BCUT2D eigenvalue weighted by molar-refractivity contribution is -0.136. The van der Waals surface area contributed by atoms with Crippen LogP contribution in [0.3, 0.4) is 0 Å². The Labute approximate surface area is 358 Å². The number of carbonyl (C=O) groups is 6. The molecule has 6 heterocycles. The zero-order valence-corrected chi connectivity index (χ0v) is 34.8. The number of piperazine rings is 1. The van der Waals surface area contributed by atoms with E-state index in [1.807, 2.05) is 47.5 Å². The number of nitrogens with zero attached hydrogens (tertiary/aromatic N) is 6. The van der Waals surface area contributed by atoms with Crippen LogP contribution in [0.1, 0.15) is 95.7 Å². The van der Waals surface area contributed by atoms with Gasteiger partial charge in [-0.3, -0.25) is 43.9 Å². The van der Waals surface area contributed by atoms with E-state index in [4.69, 9.17) is 17.3 Å². The van der Waals surface area contributed by atoms with Crippen molar-refractivity contribution in [3.05, 3.63) is 88.3 Å². The standard InChI is InChI=1S/C44H51ClN10O6/c45-30-11-9-28(10-12-30)33(50-43(61)44(46)17-21-54(22-18-44)39-32-15-19-47-38(32)48-27-49-39)16-20-52-23-25-53(26-24-52)36(57)8-3-1-2-5-29-6-4-7-31-37(29)42(60)55(41(31)59)34-13-14-35(56)51-40(34)58/h4,6-7,9-12,15,19,27,33-34H,1-3,5,8,13-14,16-18,20-26,46H2,(H,50,61)(H,47,48,49)(H,51,56,58)/t33-,34?/m0/s1. The first-order valence-corrected chi connectivity index (χ1v) is 21.6. The molecule has 3 fully saturated rings. The minimum absolute atomic E-state index is 0.0692. The van der Waals surface area contributed by atoms with E-state index in [1.54, 1.807) is 18.5 Å². The second-order valence-electron chi connectivity index (χ2n) is 16.5. The minimum Gasteiger partial charge on any atom is -0.356 e. The molecule has 0 saturated carbocycles. The molecule has 16 nitrogen and oxygen atoms in total. The summed E-state index contributed by atoms with van der Waals surface area (Å²) in [7, 11) is 0. The van der Waals surface area contributed by atoms with Crippen molar-refractivity contribution in [1.82, 2.24) is 40.3 Å². The summed E-state index contributed by atoms with van der Waals surface area (Å²) in [5.74, 6) is -1.28. The zero-order chi connectivity index (χ0) is 42.7. The molecule has 3 saturated heterocycles. The van der Waals surface area contributed by atoms with Gasteiger partial charge in [0.1, 0.15) is 23.8 Å². The highest BCUT2D eigenvalue weighted by molar-refractivity contribution is 6.30. The number of nitrogens with one attached hydrogen (secondary N) is 3. The minimum atomic E-state index is -1.03. The second kappa shape index (κ2) is 18.1. The molecule has 0 spiro atoms. The van der Waals surface area contributed by atoms with Gasteiger partial charge in [0.2, 0.25) is 23.6 Å². The van der Waals surface area contributed by atoms with Crippen molar-refractivity contribution in [3.8, 4) is 0 Å². The largest absolute Gasteiger partial charge is 0.356 e. The van der Waals surface area contributed by atoms with Gasteiger partial charge in [0.25, 0.3) is 11.8 Å². The van der Waals surface area contributed by atoms with Gasteiger partial charge in [-0.05, 0) is 80.3 Å². The normalized spacial score (nSPS) is 19.9. The summed E-state index contributed by atoms with van der Waals surface area (Å²) < 4.78 is 0. The van der Waals surface area contributed by atoms with Crippen molar-refractivity contribution in [2.45, 2.75) is 81.8 Å². The number of carbonyl (C=O) groups excluding carboxylic acids is 6. The van der Waals surface area contributed by atoms with Gasteiger partial charge in [-0.2, -0.15) is 0 Å². The predicted molar refractivity (Wildman–Crippen MR) is 228 cm³/mol. The average Bonchev–Trinajstić information content (AvgIpc) is 3.85. The molecule has 17 heteroatoms. The van der Waals surface area contributed by atoms with Crippen LogP contribution in [0, 0.1) is 0 Å². The fourth-order valence-corrected chi connectivity index (χ4v) is 9.15. The number of aromatic nitrogens is 3. The number of aromatic amines is 1. The molecule has 4 aliphatic rings. The molecule has 1 unspecified atom stereocenters. The molecular weight excluding hydrogens is 800 g/mol. The summed E-state index contributed by atoms with van der Waals surface area (Å²) in [6, 6.07) is 13.4. The number of unbranched alkanes of at least 4 members (excludes halogenated alkanes) is 2. The summed E-state index contributed by atoms with van der Waals surface area (Å²) in [6.07, 6.45) is 8.36. The molecule has 61 heavy (non-hydrogen) atoms. The van der Waals surface area contributed by atoms with Crippen LogP contribution in [-0.4, -0.2) is 122 Å². The van der Waals surface area contributed by atoms with Crippen LogP contribution in [0.2, 0.25) is 5.02 Å². The third-order valence-electron chi connectivity index (χ3n) is 12.7. The zero-order valence-electron chi connectivity index (χ0n) is 34.0. The van der Waals surface area contributed by atoms with E-state index in [2.05, 4.69) is 35.4 Å². The molecule has 0 bridgehead atoms. The lowest BCUT2D eigenvalue weighted by Gasteiger charge is -2.39. The van der Waals surface area contributed by atoms with E-state index in [9.17, 15) is 28.8 Å². The van der Waals surface area contributed by atoms with Crippen LogP contribution in [0.25, 0.3) is 11.0 Å². The van der Waals surface area contributed by atoms with Crippen molar-refractivity contribution < 1.29 is 28.8 Å². The Morgan fingerprint density at radius 2 is 1.69 bits per heavy atom. The van der Waals surface area contributed by atoms with Gasteiger partial charge < -0.3 is 25.8 Å². The van der Waals surface area contributed by atoms with Crippen LogP contribution in [0.15, 0.2) is 61.1 Å². The van der Waals surface area contributed by atoms with Crippen LogP contribution in [-0.2, 0) is 25.6 Å². The Kier molecular flexibility index (Phi) is 12.5. The predicted octanol–water partition coefficient (Wildman–Crippen LogP) is 3.51. The van der Waals surface area contributed by atoms with Crippen LogP contribution < -0.4 is 21.3 Å². The smallest absolute Gasteiger partial charge is 0.262 e. The number of rotatable bonds is 14. The van der Waals surface area contributed by atoms with E-state index < -0.39 is 35.2 Å². The maximum Gasteiger partial charge on any atom is 0.262 e. The van der Waals surface area contributed by atoms with Gasteiger partial charge in [-0.15, -0.1) is 0 Å². The van der Waals surface area contributed by atoms with Gasteiger partial charge in [0.05, 0.1) is 28.1 Å². The summed E-state index contributed by atoms with van der Waals surface area (Å²) in [6.45, 7) is 4.60.